The molecule has 13 amide bonds. The van der Waals surface area contributed by atoms with Crippen molar-refractivity contribution in [2.75, 3.05) is 31.7 Å². The van der Waals surface area contributed by atoms with Crippen LogP contribution in [0.15, 0.2) is 85.2 Å². The maximum Gasteiger partial charge on any atom is 0.326 e. The van der Waals surface area contributed by atoms with E-state index in [1.54, 1.807) is 81.0 Å². The summed E-state index contributed by atoms with van der Waals surface area (Å²) < 4.78 is 0. The van der Waals surface area contributed by atoms with E-state index >= 15 is 0 Å². The zero-order valence-electron chi connectivity index (χ0n) is 56.1. The lowest BCUT2D eigenvalue weighted by Gasteiger charge is -2.27. The molecule has 0 unspecified atom stereocenters. The summed E-state index contributed by atoms with van der Waals surface area (Å²) >= 11 is 1.27. The van der Waals surface area contributed by atoms with E-state index in [4.69, 9.17) is 11.5 Å². The molecule has 22 N–H and O–H groups in total. The van der Waals surface area contributed by atoms with Gasteiger partial charge in [0.25, 0.3) is 0 Å². The summed E-state index contributed by atoms with van der Waals surface area (Å²) in [6.07, 6.45) is 2.35. The number of aromatic amines is 2. The van der Waals surface area contributed by atoms with E-state index in [-0.39, 0.29) is 37.2 Å². The third-order valence-corrected chi connectivity index (χ3v) is 16.4. The van der Waals surface area contributed by atoms with Crippen LogP contribution in [0.25, 0.3) is 21.8 Å². The normalized spacial score (nSPS) is 14.4. The van der Waals surface area contributed by atoms with Gasteiger partial charge in [-0.15, -0.1) is 0 Å². The fourth-order valence-corrected chi connectivity index (χ4v) is 10.6. The molecule has 35 nitrogen and oxygen atoms in total. The highest BCUT2D eigenvalue weighted by Gasteiger charge is 2.37. The van der Waals surface area contributed by atoms with Crippen molar-refractivity contribution in [1.29, 1.82) is 0 Å². The summed E-state index contributed by atoms with van der Waals surface area (Å²) in [6.45, 7) is 4.60. The number of carbonyl (C=O) groups excluding carboxylic acids is 13. The molecular weight excluding hydrogens is 1340 g/mol. The SMILES string of the molecule is CSCC[C@H](NC(=O)[C@H](C)NC(=O)CNC(=O)[C@H](C)NC(=O)[C@@H](NC(=O)[C@H](C)NC(=O)[C@H](Cc1c[nH]c2ccccc12)NC(=O)[C@H](CC(N)=O)NC(=O)[C@H](CO)NC(=O)[C@H](Cc1c[nH]c2ccccc12)NC(=O)CN)C(C)C)C(=O)N[C@@H](CC(=O)O)C(=O)N[C@@H](Cc1ccc(O)cc1)C(=O)O. The predicted molar refractivity (Wildman–Crippen MR) is 365 cm³/mol. The molecule has 3 aromatic carbocycles. The number of carboxylic acids is 2. The van der Waals surface area contributed by atoms with E-state index in [2.05, 4.69) is 73.8 Å². The topological polar surface area (TPSA) is 565 Å². The number of nitrogens with one attached hydrogen (secondary N) is 14. The molecular formula is C65H86N16O19S. The summed E-state index contributed by atoms with van der Waals surface area (Å²) in [4.78, 5) is 205. The molecule has 5 rings (SSSR count). The van der Waals surface area contributed by atoms with Crippen molar-refractivity contribution in [1.82, 2.24) is 73.8 Å². The van der Waals surface area contributed by atoms with E-state index in [0.29, 0.717) is 27.6 Å². The van der Waals surface area contributed by atoms with Gasteiger partial charge >= 0.3 is 11.9 Å². The zero-order valence-corrected chi connectivity index (χ0v) is 56.9. The van der Waals surface area contributed by atoms with Crippen LogP contribution >= 0.6 is 11.8 Å². The van der Waals surface area contributed by atoms with Gasteiger partial charge in [0.1, 0.15) is 72.2 Å². The van der Waals surface area contributed by atoms with Gasteiger partial charge < -0.3 is 106 Å². The fraction of sp³-hybridized carbons (Fsp3) is 0.431. The fourth-order valence-electron chi connectivity index (χ4n) is 10.2. The maximum atomic E-state index is 14.3. The first-order valence-electron chi connectivity index (χ1n) is 31.8. The highest BCUT2D eigenvalue weighted by atomic mass is 32.2. The Morgan fingerprint density at radius 2 is 0.921 bits per heavy atom. The average molecular weight is 1430 g/mol. The first-order chi connectivity index (χ1) is 47.8. The number of hydrogen-bond acceptors (Lipinski definition) is 19. The van der Waals surface area contributed by atoms with Crippen LogP contribution < -0.4 is 75.3 Å². The summed E-state index contributed by atoms with van der Waals surface area (Å²) in [5.74, 6) is -16.3. The van der Waals surface area contributed by atoms with Crippen molar-refractivity contribution in [2.24, 2.45) is 17.4 Å². The molecule has 2 aromatic heterocycles. The number of amides is 13. The Labute approximate surface area is 582 Å². The minimum Gasteiger partial charge on any atom is -0.508 e. The number of aliphatic carboxylic acids is 2. The summed E-state index contributed by atoms with van der Waals surface area (Å²) in [5, 5.41) is 69.4. The number of thioether (sulfide) groups is 1. The number of H-pyrrole nitrogens is 2. The van der Waals surface area contributed by atoms with Crippen molar-refractivity contribution < 1.29 is 92.3 Å². The Hall–Kier alpha value is -11.1. The molecule has 0 fully saturated rings. The Morgan fingerprint density at radius 3 is 1.45 bits per heavy atom. The highest BCUT2D eigenvalue weighted by Crippen LogP contribution is 2.22. The Bertz CT molecular complexity index is 3830. The van der Waals surface area contributed by atoms with Crippen LogP contribution in [-0.4, -0.2) is 217 Å². The molecule has 5 aromatic rings. The van der Waals surface area contributed by atoms with Gasteiger partial charge in [0.05, 0.1) is 32.5 Å². The van der Waals surface area contributed by atoms with Gasteiger partial charge in [-0.05, 0) is 86.1 Å². The second-order valence-electron chi connectivity index (χ2n) is 24.0. The summed E-state index contributed by atoms with van der Waals surface area (Å²) in [7, 11) is 0. The number of rotatable bonds is 40. The number of fused-ring (bicyclic) bond motifs is 2. The van der Waals surface area contributed by atoms with E-state index < -0.39 is 194 Å². The first kappa shape index (κ1) is 80.5. The predicted octanol–water partition coefficient (Wildman–Crippen LogP) is -4.31. The lowest BCUT2D eigenvalue weighted by Crippen LogP contribution is -2.61. The number of phenols is 1. The van der Waals surface area contributed by atoms with E-state index in [9.17, 15) is 92.3 Å². The molecule has 0 aliphatic carbocycles. The van der Waals surface area contributed by atoms with Crippen LogP contribution in [0, 0.1) is 5.92 Å². The highest BCUT2D eigenvalue weighted by molar-refractivity contribution is 7.98. The van der Waals surface area contributed by atoms with E-state index in [1.807, 2.05) is 0 Å². The minimum atomic E-state index is -1.84. The first-order valence-corrected chi connectivity index (χ1v) is 33.2. The maximum absolute atomic E-state index is 14.3. The molecule has 0 saturated carbocycles. The number of primary amides is 1. The monoisotopic (exact) mass is 1430 g/mol. The van der Waals surface area contributed by atoms with Gasteiger partial charge in [-0.3, -0.25) is 67.1 Å². The molecule has 101 heavy (non-hydrogen) atoms. The van der Waals surface area contributed by atoms with Crippen molar-refractivity contribution in [2.45, 2.75) is 140 Å². The number of carbonyl (C=O) groups is 15. The third-order valence-electron chi connectivity index (χ3n) is 15.7. The van der Waals surface area contributed by atoms with Crippen molar-refractivity contribution in [3.8, 4) is 5.75 Å². The average Bonchev–Trinajstić information content (AvgIpc) is 1.72. The Kier molecular flexibility index (Phi) is 31.0. The van der Waals surface area contributed by atoms with Crippen molar-refractivity contribution >= 4 is 122 Å². The number of aromatic nitrogens is 2. The molecule has 0 bridgehead atoms. The van der Waals surface area contributed by atoms with E-state index in [0.717, 1.165) is 10.9 Å². The van der Waals surface area contributed by atoms with Gasteiger partial charge in [-0.2, -0.15) is 11.8 Å². The van der Waals surface area contributed by atoms with Crippen molar-refractivity contribution in [3.63, 3.8) is 0 Å². The largest absolute Gasteiger partial charge is 0.508 e. The number of nitrogens with two attached hydrogens (primary N) is 2. The molecule has 0 aliphatic heterocycles. The van der Waals surface area contributed by atoms with Crippen LogP contribution in [0.5, 0.6) is 5.75 Å². The number of aliphatic hydroxyl groups is 1. The van der Waals surface area contributed by atoms with Gasteiger partial charge in [-0.25, -0.2) is 4.79 Å². The van der Waals surface area contributed by atoms with Crippen LogP contribution in [0.3, 0.4) is 0 Å². The second kappa shape index (κ2) is 38.9. The number of carboxylic acid groups (broad SMARTS) is 2. The number of benzene rings is 3. The molecule has 0 radical (unpaired) electrons. The molecule has 2 heterocycles. The number of hydrogen-bond donors (Lipinski definition) is 20. The number of phenolic OH excluding ortho intramolecular Hbond substituents is 1. The van der Waals surface area contributed by atoms with Gasteiger partial charge in [0, 0.05) is 53.5 Å². The quantitative estimate of drug-likeness (QED) is 0.0176. The Morgan fingerprint density at radius 1 is 0.475 bits per heavy atom. The Balaban J connectivity index is 1.18. The smallest absolute Gasteiger partial charge is 0.326 e. The molecule has 11 atom stereocenters. The lowest BCUT2D eigenvalue weighted by atomic mass is 10.0. The number of aromatic hydroxyl groups is 1. The standard InChI is InChI=1S/C65H86N16O19S/c1-31(2)54(64(98)73-32(3)55(89)70-29-52(86)71-33(4)56(90)75-43(19-20-101-6)58(92)78-47(25-53(87)88)62(96)79-48(65(99)100)21-35-15-17-38(83)18-16-35)81-57(91)34(5)72-59(93)45(23-37-28-69-42-14-10-8-12-40(37)42)76-61(95)46(24-50(67)84)77-63(97)49(30-82)80-60(94)44(74-51(85)26-66)22-36-27-68-41-13-9-7-11-39(36)41/h7-18,27-28,31-34,43-49,54,68-69,82-83H,19-26,29-30,66H2,1-6H3,(H2,67,84)(H,70,89)(H,71,86)(H,72,93)(H,73,98)(H,74,85)(H,75,90)(H,76,95)(H,77,97)(H,78,92)(H,79,96)(H,80,94)(H,81,91)(H,87,88)(H,99,100)/t32-,33-,34-,43-,44-,45-,46-,47-,48-,49-,54-/m0/s1. The minimum absolute atomic E-state index is 0.0574. The van der Waals surface area contributed by atoms with Crippen LogP contribution in [0.4, 0.5) is 0 Å². The molecule has 0 aliphatic rings. The summed E-state index contributed by atoms with van der Waals surface area (Å²) in [6, 6.07) is 2.59. The lowest BCUT2D eigenvalue weighted by molar-refractivity contribution is -0.143. The van der Waals surface area contributed by atoms with Crippen molar-refractivity contribution in [3.05, 3.63) is 102 Å². The van der Waals surface area contributed by atoms with Crippen LogP contribution in [0.2, 0.25) is 0 Å². The molecule has 0 saturated heterocycles. The summed E-state index contributed by atoms with van der Waals surface area (Å²) in [5.41, 5.74) is 13.9. The van der Waals surface area contributed by atoms with Gasteiger partial charge in [-0.1, -0.05) is 62.4 Å². The molecule has 36 heteroatoms. The van der Waals surface area contributed by atoms with Crippen LogP contribution in [0.1, 0.15) is 70.6 Å². The van der Waals surface area contributed by atoms with E-state index in [1.165, 1.54) is 56.8 Å². The molecule has 546 valence electrons. The van der Waals surface area contributed by atoms with Gasteiger partial charge in [0.15, 0.2) is 0 Å². The molecule has 0 spiro atoms. The zero-order chi connectivity index (χ0) is 74.8. The third kappa shape index (κ3) is 25.0. The number of para-hydroxylation sites is 2. The van der Waals surface area contributed by atoms with Crippen LogP contribution in [-0.2, 0) is 91.2 Å². The number of aliphatic hydroxyl groups excluding tert-OH is 1. The van der Waals surface area contributed by atoms with Gasteiger partial charge in [0.2, 0.25) is 76.8 Å². The second-order valence-corrected chi connectivity index (χ2v) is 24.9.